The Morgan fingerprint density at radius 1 is 1.27 bits per heavy atom. The van der Waals surface area contributed by atoms with E-state index < -0.39 is 0 Å². The van der Waals surface area contributed by atoms with Crippen molar-refractivity contribution in [3.05, 3.63) is 71.4 Å². The van der Waals surface area contributed by atoms with Crippen molar-refractivity contribution in [2.24, 2.45) is 0 Å². The second-order valence-electron chi connectivity index (χ2n) is 5.95. The summed E-state index contributed by atoms with van der Waals surface area (Å²) in [6.07, 6.45) is 5.86. The molecule has 1 amide bonds. The molecular weight excluding hydrogens is 330 g/mol. The average molecular weight is 351 g/mol. The van der Waals surface area contributed by atoms with Gasteiger partial charge in [-0.25, -0.2) is 9.67 Å². The van der Waals surface area contributed by atoms with Gasteiger partial charge in [-0.05, 0) is 12.0 Å². The Bertz CT molecular complexity index is 959. The predicted molar refractivity (Wildman–Crippen MR) is 99.8 cm³/mol. The Labute approximate surface area is 151 Å². The molecule has 0 fully saturated rings. The molecule has 3 aromatic rings. The van der Waals surface area contributed by atoms with E-state index in [9.17, 15) is 9.59 Å². The monoisotopic (exact) mass is 351 g/mol. The fourth-order valence-electron chi connectivity index (χ4n) is 2.68. The Hall–Kier alpha value is -3.22. The maximum Gasteiger partial charge on any atom is 0.264 e. The second kappa shape index (κ2) is 8.24. The Kier molecular flexibility index (Phi) is 5.58. The highest BCUT2D eigenvalue weighted by Gasteiger charge is 2.10. The molecule has 0 radical (unpaired) electrons. The van der Waals surface area contributed by atoms with Crippen LogP contribution >= 0.6 is 0 Å². The van der Waals surface area contributed by atoms with Crippen molar-refractivity contribution in [3.8, 4) is 0 Å². The summed E-state index contributed by atoms with van der Waals surface area (Å²) in [5.74, 6) is -0.0282. The number of allylic oxidation sites excluding steroid dienone is 1. The molecule has 26 heavy (non-hydrogen) atoms. The van der Waals surface area contributed by atoms with E-state index in [0.29, 0.717) is 43.5 Å². The lowest BCUT2D eigenvalue weighted by Crippen LogP contribution is -2.27. The third-order valence-electron chi connectivity index (χ3n) is 4.04. The van der Waals surface area contributed by atoms with E-state index in [-0.39, 0.29) is 11.5 Å². The molecule has 0 atom stereocenters. The Morgan fingerprint density at radius 3 is 2.85 bits per heavy atom. The van der Waals surface area contributed by atoms with Gasteiger partial charge in [-0.2, -0.15) is 5.10 Å². The fraction of sp³-hybridized carbons (Fsp3) is 0.263. The first-order valence-corrected chi connectivity index (χ1v) is 8.51. The average Bonchev–Trinajstić information content (AvgIpc) is 3.07. The summed E-state index contributed by atoms with van der Waals surface area (Å²) in [7, 11) is 0. The lowest BCUT2D eigenvalue weighted by atomic mass is 10.2. The van der Waals surface area contributed by atoms with Gasteiger partial charge in [0.05, 0.1) is 19.3 Å². The lowest BCUT2D eigenvalue weighted by molar-refractivity contribution is -0.121. The van der Waals surface area contributed by atoms with Crippen LogP contribution in [0.2, 0.25) is 0 Å². The molecule has 2 heterocycles. The normalized spacial score (nSPS) is 10.8. The number of aromatic nitrogens is 4. The van der Waals surface area contributed by atoms with E-state index >= 15 is 0 Å². The van der Waals surface area contributed by atoms with Crippen LogP contribution in [0.4, 0.5) is 0 Å². The molecular formula is C19H21N5O2. The third kappa shape index (κ3) is 4.05. The molecule has 0 aliphatic rings. The van der Waals surface area contributed by atoms with E-state index in [1.807, 2.05) is 30.3 Å². The number of carbonyl (C=O) groups is 1. The smallest absolute Gasteiger partial charge is 0.264 e. The van der Waals surface area contributed by atoms with Gasteiger partial charge in [-0.3, -0.25) is 14.2 Å². The summed E-state index contributed by atoms with van der Waals surface area (Å²) in [4.78, 5) is 28.6. The van der Waals surface area contributed by atoms with Crippen molar-refractivity contribution in [1.29, 1.82) is 0 Å². The molecule has 2 aromatic heterocycles. The second-order valence-corrected chi connectivity index (χ2v) is 5.95. The van der Waals surface area contributed by atoms with Crippen LogP contribution in [0.5, 0.6) is 0 Å². The minimum Gasteiger partial charge on any atom is -0.354 e. The minimum absolute atomic E-state index is 0.0282. The van der Waals surface area contributed by atoms with E-state index in [0.717, 1.165) is 5.56 Å². The van der Waals surface area contributed by atoms with Crippen LogP contribution in [0.3, 0.4) is 0 Å². The van der Waals surface area contributed by atoms with Gasteiger partial charge in [0, 0.05) is 13.0 Å². The molecule has 134 valence electrons. The molecule has 0 unspecified atom stereocenters. The number of nitrogens with zero attached hydrogens (tertiary/aromatic N) is 4. The van der Waals surface area contributed by atoms with E-state index in [2.05, 4.69) is 22.0 Å². The van der Waals surface area contributed by atoms with Crippen LogP contribution in [0.25, 0.3) is 11.0 Å². The topological polar surface area (TPSA) is 81.8 Å². The molecule has 0 bridgehead atoms. The van der Waals surface area contributed by atoms with Crippen molar-refractivity contribution >= 4 is 16.9 Å². The molecule has 3 rings (SSSR count). The highest BCUT2D eigenvalue weighted by molar-refractivity contribution is 5.76. The summed E-state index contributed by atoms with van der Waals surface area (Å²) in [5, 5.41) is 7.53. The molecule has 0 saturated heterocycles. The quantitative estimate of drug-likeness (QED) is 0.627. The summed E-state index contributed by atoms with van der Waals surface area (Å²) >= 11 is 0. The van der Waals surface area contributed by atoms with Crippen molar-refractivity contribution in [2.75, 3.05) is 6.54 Å². The minimum atomic E-state index is -0.125. The zero-order chi connectivity index (χ0) is 18.4. The molecule has 0 aliphatic heterocycles. The highest BCUT2D eigenvalue weighted by Crippen LogP contribution is 2.07. The summed E-state index contributed by atoms with van der Waals surface area (Å²) in [6, 6.07) is 9.75. The van der Waals surface area contributed by atoms with Gasteiger partial charge in [0.1, 0.15) is 11.7 Å². The molecule has 7 heteroatoms. The van der Waals surface area contributed by atoms with Crippen molar-refractivity contribution in [3.63, 3.8) is 0 Å². The van der Waals surface area contributed by atoms with Crippen LogP contribution in [-0.4, -0.2) is 31.8 Å². The van der Waals surface area contributed by atoms with Gasteiger partial charge >= 0.3 is 0 Å². The maximum atomic E-state index is 12.6. The Morgan fingerprint density at radius 2 is 2.08 bits per heavy atom. The first-order chi connectivity index (χ1) is 12.7. The summed E-state index contributed by atoms with van der Waals surface area (Å²) in [5.41, 5.74) is 1.44. The number of hydrogen-bond acceptors (Lipinski definition) is 4. The Balaban J connectivity index is 1.70. The van der Waals surface area contributed by atoms with Crippen molar-refractivity contribution in [1.82, 2.24) is 24.6 Å². The van der Waals surface area contributed by atoms with E-state index in [4.69, 9.17) is 0 Å². The third-order valence-corrected chi connectivity index (χ3v) is 4.04. The predicted octanol–water partition coefficient (Wildman–Crippen LogP) is 1.72. The first-order valence-electron chi connectivity index (χ1n) is 8.51. The molecule has 1 aromatic carbocycles. The molecule has 7 nitrogen and oxygen atoms in total. The molecule has 0 saturated carbocycles. The van der Waals surface area contributed by atoms with Gasteiger partial charge in [0.25, 0.3) is 5.56 Å². The number of fused-ring (bicyclic) bond motifs is 1. The van der Waals surface area contributed by atoms with Gasteiger partial charge in [-0.15, -0.1) is 6.58 Å². The zero-order valence-corrected chi connectivity index (χ0v) is 14.5. The van der Waals surface area contributed by atoms with Crippen molar-refractivity contribution in [2.45, 2.75) is 25.9 Å². The first kappa shape index (κ1) is 17.6. The highest BCUT2D eigenvalue weighted by atomic mass is 16.1. The number of hydrogen-bond donors (Lipinski definition) is 1. The van der Waals surface area contributed by atoms with Gasteiger partial charge in [-0.1, -0.05) is 36.4 Å². The number of amides is 1. The van der Waals surface area contributed by atoms with E-state index in [1.54, 1.807) is 21.7 Å². The molecule has 0 spiro atoms. The standard InChI is InChI=1S/C19H21N5O2/c1-2-3-9-17(25)20-10-11-24-18-16(12-22-24)19(26)23(14-21-18)13-15-7-5-4-6-8-15/h2,4-8,12,14H,1,3,9-11,13H2,(H,20,25). The van der Waals surface area contributed by atoms with E-state index in [1.165, 1.54) is 6.20 Å². The lowest BCUT2D eigenvalue weighted by Gasteiger charge is -2.07. The van der Waals surface area contributed by atoms with Crippen LogP contribution in [-0.2, 0) is 17.9 Å². The summed E-state index contributed by atoms with van der Waals surface area (Å²) in [6.45, 7) is 4.95. The van der Waals surface area contributed by atoms with Crippen LogP contribution in [0.1, 0.15) is 18.4 Å². The zero-order valence-electron chi connectivity index (χ0n) is 14.5. The largest absolute Gasteiger partial charge is 0.354 e. The van der Waals surface area contributed by atoms with Gasteiger partial charge in [0.15, 0.2) is 5.65 Å². The number of rotatable bonds is 8. The maximum absolute atomic E-state index is 12.6. The fourth-order valence-corrected chi connectivity index (χ4v) is 2.68. The number of benzene rings is 1. The van der Waals surface area contributed by atoms with Crippen LogP contribution < -0.4 is 10.9 Å². The van der Waals surface area contributed by atoms with Crippen LogP contribution in [0, 0.1) is 0 Å². The molecule has 0 aliphatic carbocycles. The number of nitrogens with one attached hydrogen (secondary N) is 1. The number of carbonyl (C=O) groups excluding carboxylic acids is 1. The van der Waals surface area contributed by atoms with Gasteiger partial charge < -0.3 is 5.32 Å². The van der Waals surface area contributed by atoms with Crippen LogP contribution in [0.15, 0.2) is 60.3 Å². The SMILES string of the molecule is C=CCCC(=O)NCCn1ncc2c(=O)n(Cc3ccccc3)cnc21. The van der Waals surface area contributed by atoms with Crippen molar-refractivity contribution < 1.29 is 4.79 Å². The molecule has 1 N–H and O–H groups in total. The van der Waals surface area contributed by atoms with Gasteiger partial charge in [0.2, 0.25) is 5.91 Å². The summed E-state index contributed by atoms with van der Waals surface area (Å²) < 4.78 is 3.21.